The van der Waals surface area contributed by atoms with Gasteiger partial charge in [-0.15, -0.1) is 0 Å². The molecule has 8 nitrogen and oxygen atoms in total. The Kier molecular flexibility index (Phi) is 7.83. The number of halogens is 3. The van der Waals surface area contributed by atoms with Gasteiger partial charge < -0.3 is 15.4 Å². The molecule has 0 aliphatic carbocycles. The van der Waals surface area contributed by atoms with Gasteiger partial charge >= 0.3 is 5.97 Å². The molecule has 0 bridgehead atoms. The van der Waals surface area contributed by atoms with Crippen LogP contribution in [0.3, 0.4) is 0 Å². The van der Waals surface area contributed by atoms with Crippen molar-refractivity contribution < 1.29 is 23.9 Å². The Morgan fingerprint density at radius 2 is 1.62 bits per heavy atom. The fourth-order valence-corrected chi connectivity index (χ4v) is 4.22. The minimum Gasteiger partial charge on any atom is -0.465 e. The van der Waals surface area contributed by atoms with E-state index in [-0.39, 0.29) is 34.4 Å². The first-order chi connectivity index (χ1) is 17.7. The van der Waals surface area contributed by atoms with Crippen molar-refractivity contribution in [2.24, 2.45) is 0 Å². The number of carbonyl (C=O) groups is 4. The fraction of sp³-hybridized carbons (Fsp3) is 0.0769. The first kappa shape index (κ1) is 26.2. The molecule has 0 saturated heterocycles. The fourth-order valence-electron chi connectivity index (χ4n) is 3.53. The molecular weight excluding hydrogens is 541 g/mol. The maximum absolute atomic E-state index is 13.0. The minimum atomic E-state index is -0.743. The van der Waals surface area contributed by atoms with Crippen molar-refractivity contribution in [1.29, 1.82) is 0 Å². The molecule has 3 aromatic carbocycles. The number of carbonyl (C=O) groups excluding carboxylic acids is 4. The van der Waals surface area contributed by atoms with Gasteiger partial charge in [-0.1, -0.05) is 46.9 Å². The highest BCUT2D eigenvalue weighted by Gasteiger charge is 2.39. The number of nitrogens with zero attached hydrogens (tertiary/aromatic N) is 1. The highest BCUT2D eigenvalue weighted by Crippen LogP contribution is 2.31. The first-order valence-corrected chi connectivity index (χ1v) is 11.9. The molecule has 4 rings (SSSR count). The lowest BCUT2D eigenvalue weighted by Crippen LogP contribution is -2.32. The van der Waals surface area contributed by atoms with Crippen molar-refractivity contribution in [1.82, 2.24) is 5.32 Å². The van der Waals surface area contributed by atoms with E-state index in [0.29, 0.717) is 26.9 Å². The summed E-state index contributed by atoms with van der Waals surface area (Å²) in [5.74, 6) is -2.39. The zero-order chi connectivity index (χ0) is 26.7. The van der Waals surface area contributed by atoms with Gasteiger partial charge in [-0.25, -0.2) is 9.69 Å². The van der Waals surface area contributed by atoms with Crippen molar-refractivity contribution in [3.63, 3.8) is 0 Å². The Morgan fingerprint density at radius 3 is 2.30 bits per heavy atom. The van der Waals surface area contributed by atoms with E-state index in [1.165, 1.54) is 31.4 Å². The number of benzene rings is 3. The van der Waals surface area contributed by atoms with Gasteiger partial charge in [0.1, 0.15) is 10.7 Å². The molecule has 0 aromatic heterocycles. The van der Waals surface area contributed by atoms with Crippen LogP contribution in [-0.2, 0) is 20.9 Å². The summed E-state index contributed by atoms with van der Waals surface area (Å²) in [5, 5.41) is 6.24. The maximum Gasteiger partial charge on any atom is 0.337 e. The van der Waals surface area contributed by atoms with E-state index < -0.39 is 17.8 Å². The highest BCUT2D eigenvalue weighted by atomic mass is 35.5. The molecule has 1 aliphatic heterocycles. The zero-order valence-electron chi connectivity index (χ0n) is 19.2. The number of anilines is 2. The SMILES string of the molecule is COC(=O)c1cccc(N2C(=O)C(Cl)=C(Nc3ccc(C(=O)NCc4ccc(Cl)cc4Cl)cc3)C2=O)c1. The third-order valence-corrected chi connectivity index (χ3v) is 6.36. The third kappa shape index (κ3) is 5.61. The number of methoxy groups -OCH3 is 1. The molecular formula is C26H18Cl3N3O5. The summed E-state index contributed by atoms with van der Waals surface area (Å²) in [5.41, 5.74) is 1.71. The van der Waals surface area contributed by atoms with Gasteiger partial charge in [0.25, 0.3) is 17.7 Å². The van der Waals surface area contributed by atoms with Gasteiger partial charge in [-0.05, 0) is 60.2 Å². The van der Waals surface area contributed by atoms with Crippen LogP contribution in [0.5, 0.6) is 0 Å². The lowest BCUT2D eigenvalue weighted by atomic mass is 10.1. The summed E-state index contributed by atoms with van der Waals surface area (Å²) in [6.07, 6.45) is 0. The van der Waals surface area contributed by atoms with Gasteiger partial charge in [0, 0.05) is 27.8 Å². The number of rotatable bonds is 7. The van der Waals surface area contributed by atoms with Crippen molar-refractivity contribution >= 4 is 69.9 Å². The smallest absolute Gasteiger partial charge is 0.337 e. The first-order valence-electron chi connectivity index (χ1n) is 10.8. The Bertz CT molecular complexity index is 1450. The van der Waals surface area contributed by atoms with Crippen molar-refractivity contribution in [3.05, 3.63) is 104 Å². The summed E-state index contributed by atoms with van der Waals surface area (Å²) in [6, 6.07) is 17.1. The number of ether oxygens (including phenoxy) is 1. The molecule has 0 saturated carbocycles. The summed E-state index contributed by atoms with van der Waals surface area (Å²) >= 11 is 18.2. The van der Waals surface area contributed by atoms with Crippen LogP contribution in [-0.4, -0.2) is 30.8 Å². The maximum atomic E-state index is 13.0. The standard InChI is InChI=1S/C26H18Cl3N3O5/c1-37-26(36)15-3-2-4-19(11-15)32-24(34)21(29)22(25(32)35)31-18-9-6-14(7-10-18)23(33)30-13-16-5-8-17(27)12-20(16)28/h2-12,31H,13H2,1H3,(H,30,33). The lowest BCUT2D eigenvalue weighted by Gasteiger charge is -2.16. The molecule has 0 unspecified atom stereocenters. The van der Waals surface area contributed by atoms with Crippen LogP contribution < -0.4 is 15.5 Å². The Morgan fingerprint density at radius 1 is 0.892 bits per heavy atom. The monoisotopic (exact) mass is 557 g/mol. The van der Waals surface area contributed by atoms with E-state index >= 15 is 0 Å². The summed E-state index contributed by atoms with van der Waals surface area (Å²) < 4.78 is 4.69. The van der Waals surface area contributed by atoms with Gasteiger partial charge in [0.05, 0.1) is 18.4 Å². The van der Waals surface area contributed by atoms with Gasteiger partial charge in [-0.3, -0.25) is 14.4 Å². The van der Waals surface area contributed by atoms with Gasteiger partial charge in [0.2, 0.25) is 0 Å². The van der Waals surface area contributed by atoms with Crippen LogP contribution in [0.1, 0.15) is 26.3 Å². The van der Waals surface area contributed by atoms with E-state index in [4.69, 9.17) is 34.8 Å². The Hall–Kier alpha value is -3.85. The molecule has 1 heterocycles. The second-order valence-electron chi connectivity index (χ2n) is 7.80. The number of esters is 1. The molecule has 37 heavy (non-hydrogen) atoms. The van der Waals surface area contributed by atoms with E-state index in [1.54, 1.807) is 42.5 Å². The molecule has 3 amide bonds. The predicted molar refractivity (Wildman–Crippen MR) is 141 cm³/mol. The second kappa shape index (κ2) is 11.0. The van der Waals surface area contributed by atoms with Crippen LogP contribution in [0.25, 0.3) is 0 Å². The Labute approximate surface area is 226 Å². The van der Waals surface area contributed by atoms with Crippen molar-refractivity contribution in [2.75, 3.05) is 17.3 Å². The topological polar surface area (TPSA) is 105 Å². The molecule has 0 radical (unpaired) electrons. The summed E-state index contributed by atoms with van der Waals surface area (Å²) in [6.45, 7) is 0.209. The number of hydrogen-bond acceptors (Lipinski definition) is 6. The van der Waals surface area contributed by atoms with Gasteiger partial charge in [0.15, 0.2) is 0 Å². The molecule has 2 N–H and O–H groups in total. The molecule has 11 heteroatoms. The van der Waals surface area contributed by atoms with E-state index in [9.17, 15) is 19.2 Å². The molecule has 0 fully saturated rings. The van der Waals surface area contributed by atoms with E-state index in [1.807, 2.05) is 0 Å². The summed E-state index contributed by atoms with van der Waals surface area (Å²) in [4.78, 5) is 51.0. The average Bonchev–Trinajstić information content (AvgIpc) is 3.10. The van der Waals surface area contributed by atoms with Crippen LogP contribution in [0.2, 0.25) is 10.0 Å². The van der Waals surface area contributed by atoms with Crippen molar-refractivity contribution in [3.8, 4) is 0 Å². The van der Waals surface area contributed by atoms with Gasteiger partial charge in [-0.2, -0.15) is 0 Å². The van der Waals surface area contributed by atoms with Crippen LogP contribution >= 0.6 is 34.8 Å². The highest BCUT2D eigenvalue weighted by molar-refractivity contribution is 6.53. The lowest BCUT2D eigenvalue weighted by molar-refractivity contribution is -0.120. The number of nitrogens with one attached hydrogen (secondary N) is 2. The molecule has 3 aromatic rings. The molecule has 0 atom stereocenters. The number of amides is 3. The quantitative estimate of drug-likeness (QED) is 0.307. The van der Waals surface area contributed by atoms with Crippen molar-refractivity contribution in [2.45, 2.75) is 6.54 Å². The second-order valence-corrected chi connectivity index (χ2v) is 9.02. The zero-order valence-corrected chi connectivity index (χ0v) is 21.4. The average molecular weight is 559 g/mol. The largest absolute Gasteiger partial charge is 0.465 e. The van der Waals surface area contributed by atoms with E-state index in [2.05, 4.69) is 15.4 Å². The molecule has 0 spiro atoms. The van der Waals surface area contributed by atoms with Crippen LogP contribution in [0.15, 0.2) is 77.5 Å². The number of imide groups is 1. The molecule has 1 aliphatic rings. The number of hydrogen-bond donors (Lipinski definition) is 2. The normalized spacial score (nSPS) is 13.1. The Balaban J connectivity index is 1.44. The minimum absolute atomic E-state index is 0.135. The van der Waals surface area contributed by atoms with Crippen LogP contribution in [0.4, 0.5) is 11.4 Å². The third-order valence-electron chi connectivity index (χ3n) is 5.42. The van der Waals surface area contributed by atoms with Crippen LogP contribution in [0, 0.1) is 0 Å². The predicted octanol–water partition coefficient (Wildman–Crippen LogP) is 5.15. The van der Waals surface area contributed by atoms with E-state index in [0.717, 1.165) is 4.90 Å². The summed E-state index contributed by atoms with van der Waals surface area (Å²) in [7, 11) is 1.23. The molecule has 188 valence electrons.